The summed E-state index contributed by atoms with van der Waals surface area (Å²) in [5, 5.41) is 3.88. The minimum Gasteiger partial charge on any atom is -0.451 e. The molecule has 3 aromatic rings. The lowest BCUT2D eigenvalue weighted by Gasteiger charge is -2.14. The van der Waals surface area contributed by atoms with Crippen LogP contribution in [0.1, 0.15) is 29.1 Å². The van der Waals surface area contributed by atoms with Gasteiger partial charge in [-0.05, 0) is 30.7 Å². The number of fused-ring (bicyclic) bond motifs is 1. The molecule has 0 bridgehead atoms. The van der Waals surface area contributed by atoms with E-state index in [1.54, 1.807) is 6.07 Å². The van der Waals surface area contributed by atoms with E-state index in [4.69, 9.17) is 4.42 Å². The van der Waals surface area contributed by atoms with Crippen molar-refractivity contribution in [2.75, 3.05) is 0 Å². The summed E-state index contributed by atoms with van der Waals surface area (Å²) >= 11 is 3.50. The zero-order chi connectivity index (χ0) is 14.8. The first-order valence-corrected chi connectivity index (χ1v) is 7.48. The number of halogens is 1. The molecule has 1 amide bonds. The second-order valence-corrected chi connectivity index (χ2v) is 5.72. The van der Waals surface area contributed by atoms with E-state index in [0.29, 0.717) is 5.76 Å². The second kappa shape index (κ2) is 5.74. The van der Waals surface area contributed by atoms with Crippen LogP contribution in [-0.2, 0) is 0 Å². The summed E-state index contributed by atoms with van der Waals surface area (Å²) in [7, 11) is 0. The summed E-state index contributed by atoms with van der Waals surface area (Å²) in [4.78, 5) is 12.3. The van der Waals surface area contributed by atoms with Crippen LogP contribution in [-0.4, -0.2) is 5.91 Å². The summed E-state index contributed by atoms with van der Waals surface area (Å²) < 4.78 is 6.55. The highest BCUT2D eigenvalue weighted by molar-refractivity contribution is 9.10. The van der Waals surface area contributed by atoms with Crippen LogP contribution in [0.4, 0.5) is 0 Å². The van der Waals surface area contributed by atoms with Gasteiger partial charge in [0.2, 0.25) is 0 Å². The highest BCUT2D eigenvalue weighted by Gasteiger charge is 2.16. The molecule has 0 fully saturated rings. The molecule has 0 saturated heterocycles. The third-order valence-electron chi connectivity index (χ3n) is 3.37. The zero-order valence-corrected chi connectivity index (χ0v) is 13.1. The lowest BCUT2D eigenvalue weighted by Crippen LogP contribution is -2.26. The second-order valence-electron chi connectivity index (χ2n) is 4.87. The molecule has 0 unspecified atom stereocenters. The van der Waals surface area contributed by atoms with E-state index >= 15 is 0 Å². The predicted octanol–water partition coefficient (Wildman–Crippen LogP) is 4.69. The highest BCUT2D eigenvalue weighted by atomic mass is 79.9. The largest absolute Gasteiger partial charge is 0.451 e. The van der Waals surface area contributed by atoms with Gasteiger partial charge in [0.25, 0.3) is 5.91 Å². The van der Waals surface area contributed by atoms with Gasteiger partial charge in [0.1, 0.15) is 5.58 Å². The Bertz CT molecular complexity index is 761. The smallest absolute Gasteiger partial charge is 0.287 e. The molecule has 0 aliphatic rings. The first-order chi connectivity index (χ1) is 10.1. The molecule has 0 saturated carbocycles. The molecule has 1 atom stereocenters. The average Bonchev–Trinajstić information content (AvgIpc) is 2.91. The molecule has 2 aromatic carbocycles. The number of para-hydroxylation sites is 1. The topological polar surface area (TPSA) is 42.2 Å². The van der Waals surface area contributed by atoms with E-state index in [2.05, 4.69) is 21.2 Å². The Hall–Kier alpha value is -2.07. The molecular weight excluding hydrogens is 330 g/mol. The van der Waals surface area contributed by atoms with Gasteiger partial charge in [0.15, 0.2) is 5.76 Å². The molecule has 1 N–H and O–H groups in total. The van der Waals surface area contributed by atoms with Gasteiger partial charge in [-0.2, -0.15) is 0 Å². The van der Waals surface area contributed by atoms with Crippen LogP contribution >= 0.6 is 15.9 Å². The fourth-order valence-corrected chi connectivity index (χ4v) is 2.89. The highest BCUT2D eigenvalue weighted by Crippen LogP contribution is 2.24. The molecule has 1 aromatic heterocycles. The Labute approximate surface area is 131 Å². The molecular formula is C17H14BrNO2. The number of furan rings is 1. The number of nitrogens with one attached hydrogen (secondary N) is 1. The maximum absolute atomic E-state index is 12.3. The van der Waals surface area contributed by atoms with Gasteiger partial charge >= 0.3 is 0 Å². The van der Waals surface area contributed by atoms with Crippen LogP contribution in [0.5, 0.6) is 0 Å². The first kappa shape index (κ1) is 13.9. The van der Waals surface area contributed by atoms with Crippen molar-refractivity contribution in [3.63, 3.8) is 0 Å². The molecule has 106 valence electrons. The van der Waals surface area contributed by atoms with Crippen molar-refractivity contribution in [3.05, 3.63) is 70.4 Å². The number of hydrogen-bond donors (Lipinski definition) is 1. The van der Waals surface area contributed by atoms with Crippen molar-refractivity contribution >= 4 is 32.8 Å². The molecule has 3 nitrogen and oxygen atoms in total. The molecule has 21 heavy (non-hydrogen) atoms. The van der Waals surface area contributed by atoms with Gasteiger partial charge in [0, 0.05) is 9.86 Å². The molecule has 0 spiro atoms. The van der Waals surface area contributed by atoms with E-state index in [0.717, 1.165) is 21.0 Å². The van der Waals surface area contributed by atoms with Crippen LogP contribution in [0.25, 0.3) is 11.0 Å². The van der Waals surface area contributed by atoms with E-state index < -0.39 is 0 Å². The number of carbonyl (C=O) groups excluding carboxylic acids is 1. The van der Waals surface area contributed by atoms with Crippen molar-refractivity contribution in [2.24, 2.45) is 0 Å². The lowest BCUT2D eigenvalue weighted by molar-refractivity contribution is 0.0914. The Kier molecular flexibility index (Phi) is 3.80. The van der Waals surface area contributed by atoms with Crippen molar-refractivity contribution in [1.29, 1.82) is 0 Å². The third-order valence-corrected chi connectivity index (χ3v) is 4.09. The molecule has 0 aliphatic carbocycles. The number of hydrogen-bond acceptors (Lipinski definition) is 2. The van der Waals surface area contributed by atoms with E-state index in [1.165, 1.54) is 0 Å². The van der Waals surface area contributed by atoms with E-state index in [1.807, 2.05) is 55.5 Å². The van der Waals surface area contributed by atoms with Crippen molar-refractivity contribution in [1.82, 2.24) is 5.32 Å². The van der Waals surface area contributed by atoms with Crippen LogP contribution < -0.4 is 5.32 Å². The first-order valence-electron chi connectivity index (χ1n) is 6.69. The van der Waals surface area contributed by atoms with Crippen molar-refractivity contribution in [2.45, 2.75) is 13.0 Å². The van der Waals surface area contributed by atoms with Crippen molar-refractivity contribution in [3.8, 4) is 0 Å². The van der Waals surface area contributed by atoms with Crippen LogP contribution in [0.2, 0.25) is 0 Å². The third kappa shape index (κ3) is 2.85. The normalized spacial score (nSPS) is 12.3. The Morgan fingerprint density at radius 3 is 2.62 bits per heavy atom. The molecule has 0 aliphatic heterocycles. The zero-order valence-electron chi connectivity index (χ0n) is 11.5. The summed E-state index contributed by atoms with van der Waals surface area (Å²) in [5.74, 6) is 0.115. The summed E-state index contributed by atoms with van der Waals surface area (Å²) in [6, 6.07) is 17.1. The maximum Gasteiger partial charge on any atom is 0.287 e. The molecule has 1 heterocycles. The molecule has 3 rings (SSSR count). The van der Waals surface area contributed by atoms with Crippen molar-refractivity contribution < 1.29 is 9.21 Å². The van der Waals surface area contributed by atoms with Gasteiger partial charge in [-0.25, -0.2) is 0 Å². The Morgan fingerprint density at radius 2 is 1.86 bits per heavy atom. The van der Waals surface area contributed by atoms with E-state index in [-0.39, 0.29) is 11.9 Å². The molecule has 4 heteroatoms. The minimum absolute atomic E-state index is 0.110. The quantitative estimate of drug-likeness (QED) is 0.749. The number of benzene rings is 2. The standard InChI is InChI=1S/C17H14BrNO2/c1-11(13-7-3-4-8-14(13)18)19-17(20)16-10-12-6-2-5-9-15(12)21-16/h2-11H,1H3,(H,19,20)/t11-/m1/s1. The summed E-state index contributed by atoms with van der Waals surface area (Å²) in [6.07, 6.45) is 0. The van der Waals surface area contributed by atoms with Gasteiger partial charge in [-0.3, -0.25) is 4.79 Å². The Balaban J connectivity index is 1.81. The SMILES string of the molecule is C[C@@H](NC(=O)c1cc2ccccc2o1)c1ccccc1Br. The van der Waals surface area contributed by atoms with E-state index in [9.17, 15) is 4.79 Å². The number of amides is 1. The molecule has 0 radical (unpaired) electrons. The van der Waals surface area contributed by atoms with Gasteiger partial charge in [-0.1, -0.05) is 52.3 Å². The minimum atomic E-state index is -0.213. The van der Waals surface area contributed by atoms with Crippen LogP contribution in [0, 0.1) is 0 Å². The van der Waals surface area contributed by atoms with Gasteiger partial charge in [0.05, 0.1) is 6.04 Å². The van der Waals surface area contributed by atoms with Crippen LogP contribution in [0.3, 0.4) is 0 Å². The summed E-state index contributed by atoms with van der Waals surface area (Å²) in [5.41, 5.74) is 1.75. The summed E-state index contributed by atoms with van der Waals surface area (Å²) in [6.45, 7) is 1.95. The fraction of sp³-hybridized carbons (Fsp3) is 0.118. The number of carbonyl (C=O) groups is 1. The van der Waals surface area contributed by atoms with Gasteiger partial charge in [-0.15, -0.1) is 0 Å². The average molecular weight is 344 g/mol. The Morgan fingerprint density at radius 1 is 1.14 bits per heavy atom. The monoisotopic (exact) mass is 343 g/mol. The van der Waals surface area contributed by atoms with Crippen LogP contribution in [0.15, 0.2) is 63.5 Å². The fourth-order valence-electron chi connectivity index (χ4n) is 2.27. The van der Waals surface area contributed by atoms with Gasteiger partial charge < -0.3 is 9.73 Å². The lowest BCUT2D eigenvalue weighted by atomic mass is 10.1. The predicted molar refractivity (Wildman–Crippen MR) is 86.2 cm³/mol. The maximum atomic E-state index is 12.3. The number of rotatable bonds is 3.